The van der Waals surface area contributed by atoms with Crippen molar-refractivity contribution >= 4 is 11.6 Å². The van der Waals surface area contributed by atoms with E-state index in [2.05, 4.69) is 20.4 Å². The van der Waals surface area contributed by atoms with Crippen molar-refractivity contribution in [2.24, 2.45) is 0 Å². The Hall–Kier alpha value is -3.49. The van der Waals surface area contributed by atoms with Gasteiger partial charge in [-0.2, -0.15) is 8.78 Å². The molecule has 0 aliphatic rings. The van der Waals surface area contributed by atoms with Gasteiger partial charge in [0.1, 0.15) is 11.5 Å². The molecule has 0 unspecified atom stereocenters. The van der Waals surface area contributed by atoms with Crippen LogP contribution in [0.25, 0.3) is 5.69 Å². The highest BCUT2D eigenvalue weighted by Gasteiger charge is 2.20. The molecule has 0 spiro atoms. The summed E-state index contributed by atoms with van der Waals surface area (Å²) in [6, 6.07) is 13.0. The number of ether oxygens (including phenoxy) is 2. The van der Waals surface area contributed by atoms with Crippen molar-refractivity contribution in [3.8, 4) is 17.2 Å². The van der Waals surface area contributed by atoms with E-state index in [1.807, 2.05) is 19.9 Å². The maximum atomic E-state index is 12.8. The van der Waals surface area contributed by atoms with E-state index in [0.717, 1.165) is 0 Å². The fourth-order valence-electron chi connectivity index (χ4n) is 2.80. The number of hydrogen-bond acceptors (Lipinski definition) is 5. The molecule has 1 amide bonds. The molecule has 0 atom stereocenters. The van der Waals surface area contributed by atoms with Gasteiger partial charge in [0.25, 0.3) is 5.91 Å². The Balaban J connectivity index is 1.85. The van der Waals surface area contributed by atoms with Crippen molar-refractivity contribution in [2.75, 3.05) is 11.9 Å². The smallest absolute Gasteiger partial charge is 0.387 e. The van der Waals surface area contributed by atoms with Gasteiger partial charge in [0.05, 0.1) is 23.7 Å². The van der Waals surface area contributed by atoms with Crippen LogP contribution in [0.3, 0.4) is 0 Å². The number of nitrogens with one attached hydrogen (secondary N) is 1. The number of amides is 1. The molecule has 2 aromatic carbocycles. The molecule has 0 fully saturated rings. The lowest BCUT2D eigenvalue weighted by Gasteiger charge is -2.11. The number of anilines is 1. The Morgan fingerprint density at radius 2 is 1.86 bits per heavy atom. The molecule has 0 bridgehead atoms. The van der Waals surface area contributed by atoms with E-state index >= 15 is 0 Å². The number of benzene rings is 2. The summed E-state index contributed by atoms with van der Waals surface area (Å²) in [6.45, 7) is 1.30. The molecule has 9 heteroatoms. The maximum Gasteiger partial charge on any atom is 0.387 e. The van der Waals surface area contributed by atoms with Crippen molar-refractivity contribution in [1.29, 1.82) is 0 Å². The summed E-state index contributed by atoms with van der Waals surface area (Å²) in [4.78, 5) is 12.8. The Morgan fingerprint density at radius 1 is 1.14 bits per heavy atom. The van der Waals surface area contributed by atoms with Crippen LogP contribution in [0.2, 0.25) is 0 Å². The second-order valence-electron chi connectivity index (χ2n) is 5.91. The summed E-state index contributed by atoms with van der Waals surface area (Å²) in [6.07, 6.45) is 0.484. The highest BCUT2D eigenvalue weighted by Crippen LogP contribution is 2.25. The molecule has 152 valence electrons. The second-order valence-corrected chi connectivity index (χ2v) is 5.91. The summed E-state index contributed by atoms with van der Waals surface area (Å²) >= 11 is 0. The summed E-state index contributed by atoms with van der Waals surface area (Å²) in [7, 11) is 0. The highest BCUT2D eigenvalue weighted by molar-refractivity contribution is 6.04. The van der Waals surface area contributed by atoms with Gasteiger partial charge in [0, 0.05) is 0 Å². The van der Waals surface area contributed by atoms with E-state index in [1.165, 1.54) is 16.8 Å². The maximum absolute atomic E-state index is 12.8. The number of para-hydroxylation sites is 2. The Kier molecular flexibility index (Phi) is 6.38. The van der Waals surface area contributed by atoms with E-state index in [4.69, 9.17) is 4.74 Å². The number of nitrogens with zero attached hydrogens (tertiary/aromatic N) is 3. The zero-order valence-electron chi connectivity index (χ0n) is 15.9. The molecule has 1 heterocycles. The number of aromatic nitrogens is 3. The number of alkyl halides is 2. The van der Waals surface area contributed by atoms with Gasteiger partial charge in [-0.15, -0.1) is 5.10 Å². The topological polar surface area (TPSA) is 78.3 Å². The van der Waals surface area contributed by atoms with Crippen LogP contribution >= 0.6 is 0 Å². The van der Waals surface area contributed by atoms with E-state index < -0.39 is 12.5 Å². The van der Waals surface area contributed by atoms with Crippen molar-refractivity contribution in [3.05, 3.63) is 59.9 Å². The summed E-state index contributed by atoms with van der Waals surface area (Å²) < 4.78 is 36.0. The number of rotatable bonds is 8. The van der Waals surface area contributed by atoms with Gasteiger partial charge >= 0.3 is 6.61 Å². The monoisotopic (exact) mass is 402 g/mol. The van der Waals surface area contributed by atoms with Crippen LogP contribution in [0.4, 0.5) is 14.5 Å². The van der Waals surface area contributed by atoms with E-state index in [0.29, 0.717) is 35.8 Å². The predicted octanol–water partition coefficient (Wildman–Crippen LogP) is 4.08. The van der Waals surface area contributed by atoms with Crippen molar-refractivity contribution in [1.82, 2.24) is 15.0 Å². The first kappa shape index (κ1) is 20.2. The molecular formula is C20H20F2N4O3. The molecule has 0 saturated carbocycles. The molecule has 0 aliphatic heterocycles. The van der Waals surface area contributed by atoms with Crippen LogP contribution in [0.1, 0.15) is 30.0 Å². The standard InChI is InChI=1S/C20H20F2N4O3/c1-3-16-18(19(27)23-15-7-5-6-8-17(15)28-4-2)24-25-26(16)13-9-11-14(12-10-13)29-20(21)22/h5-12,20H,3-4H2,1-2H3,(H,23,27). The summed E-state index contributed by atoms with van der Waals surface area (Å²) in [5.74, 6) is 0.175. The number of carbonyl (C=O) groups excluding carboxylic acids is 1. The van der Waals surface area contributed by atoms with Crippen LogP contribution in [0.15, 0.2) is 48.5 Å². The van der Waals surface area contributed by atoms with Gasteiger partial charge in [-0.1, -0.05) is 24.3 Å². The molecule has 3 aromatic rings. The molecule has 0 saturated heterocycles. The Morgan fingerprint density at radius 3 is 2.52 bits per heavy atom. The SMILES string of the molecule is CCOc1ccccc1NC(=O)c1nnn(-c2ccc(OC(F)F)cc2)c1CC. The zero-order valence-corrected chi connectivity index (χ0v) is 15.9. The Bertz CT molecular complexity index is 974. The number of carbonyl (C=O) groups is 1. The summed E-state index contributed by atoms with van der Waals surface area (Å²) in [5.41, 5.74) is 1.86. The minimum Gasteiger partial charge on any atom is -0.492 e. The first-order valence-electron chi connectivity index (χ1n) is 9.06. The first-order valence-corrected chi connectivity index (χ1v) is 9.06. The fourth-order valence-corrected chi connectivity index (χ4v) is 2.80. The van der Waals surface area contributed by atoms with E-state index in [1.54, 1.807) is 30.3 Å². The lowest BCUT2D eigenvalue weighted by molar-refractivity contribution is -0.0498. The van der Waals surface area contributed by atoms with Crippen LogP contribution in [0.5, 0.6) is 11.5 Å². The fraction of sp³-hybridized carbons (Fsp3) is 0.250. The lowest BCUT2D eigenvalue weighted by atomic mass is 10.2. The molecule has 3 rings (SSSR count). The second kappa shape index (κ2) is 9.13. The quantitative estimate of drug-likeness (QED) is 0.614. The molecular weight excluding hydrogens is 382 g/mol. The average Bonchev–Trinajstić information content (AvgIpc) is 3.14. The molecule has 7 nitrogen and oxygen atoms in total. The van der Waals surface area contributed by atoms with Gasteiger partial charge in [0.15, 0.2) is 5.69 Å². The number of hydrogen-bond donors (Lipinski definition) is 1. The van der Waals surface area contributed by atoms with Crippen molar-refractivity contribution in [3.63, 3.8) is 0 Å². The molecule has 1 N–H and O–H groups in total. The van der Waals surface area contributed by atoms with Gasteiger partial charge in [-0.3, -0.25) is 4.79 Å². The van der Waals surface area contributed by atoms with Crippen LogP contribution < -0.4 is 14.8 Å². The largest absolute Gasteiger partial charge is 0.492 e. The van der Waals surface area contributed by atoms with Gasteiger partial charge in [-0.05, 0) is 49.7 Å². The van der Waals surface area contributed by atoms with E-state index in [-0.39, 0.29) is 11.4 Å². The molecule has 0 aliphatic carbocycles. The third kappa shape index (κ3) is 4.68. The van der Waals surface area contributed by atoms with Crippen LogP contribution in [0, 0.1) is 0 Å². The first-order chi connectivity index (χ1) is 14.0. The van der Waals surface area contributed by atoms with Gasteiger partial charge in [-0.25, -0.2) is 4.68 Å². The normalized spacial score (nSPS) is 10.8. The molecule has 0 radical (unpaired) electrons. The van der Waals surface area contributed by atoms with Crippen LogP contribution in [-0.2, 0) is 6.42 Å². The minimum atomic E-state index is -2.90. The van der Waals surface area contributed by atoms with E-state index in [9.17, 15) is 13.6 Å². The minimum absolute atomic E-state index is 0.0346. The van der Waals surface area contributed by atoms with Crippen LogP contribution in [-0.4, -0.2) is 34.1 Å². The third-order valence-corrected chi connectivity index (χ3v) is 4.05. The lowest BCUT2D eigenvalue weighted by Crippen LogP contribution is -2.16. The number of halogens is 2. The zero-order chi connectivity index (χ0) is 20.8. The summed E-state index contributed by atoms with van der Waals surface area (Å²) in [5, 5.41) is 10.9. The van der Waals surface area contributed by atoms with Crippen molar-refractivity contribution < 1.29 is 23.0 Å². The average molecular weight is 402 g/mol. The highest BCUT2D eigenvalue weighted by atomic mass is 19.3. The van der Waals surface area contributed by atoms with Crippen molar-refractivity contribution in [2.45, 2.75) is 26.9 Å². The Labute approximate surface area is 166 Å². The predicted molar refractivity (Wildman–Crippen MR) is 103 cm³/mol. The van der Waals surface area contributed by atoms with Gasteiger partial charge in [0.2, 0.25) is 0 Å². The van der Waals surface area contributed by atoms with Gasteiger partial charge < -0.3 is 14.8 Å². The third-order valence-electron chi connectivity index (χ3n) is 4.05. The molecule has 1 aromatic heterocycles. The molecule has 29 heavy (non-hydrogen) atoms.